The van der Waals surface area contributed by atoms with E-state index in [0.717, 1.165) is 25.3 Å². The summed E-state index contributed by atoms with van der Waals surface area (Å²) in [6.45, 7) is 4.60. The van der Waals surface area contributed by atoms with Gasteiger partial charge in [0.15, 0.2) is 5.82 Å². The second-order valence-corrected chi connectivity index (χ2v) is 4.32. The van der Waals surface area contributed by atoms with E-state index < -0.39 is 0 Å². The molecule has 0 spiro atoms. The average Bonchev–Trinajstić information content (AvgIpc) is 2.87. The highest BCUT2D eigenvalue weighted by atomic mass is 16.5. The molecule has 0 fully saturated rings. The maximum atomic E-state index is 5.14. The average molecular weight is 244 g/mol. The zero-order valence-corrected chi connectivity index (χ0v) is 10.4. The molecule has 5 heteroatoms. The highest BCUT2D eigenvalue weighted by molar-refractivity contribution is 5.71. The second-order valence-electron chi connectivity index (χ2n) is 4.32. The van der Waals surface area contributed by atoms with Crippen LogP contribution in [0.5, 0.6) is 0 Å². The van der Waals surface area contributed by atoms with Crippen LogP contribution in [0.4, 0.5) is 11.4 Å². The summed E-state index contributed by atoms with van der Waals surface area (Å²) in [7, 11) is 0. The summed E-state index contributed by atoms with van der Waals surface area (Å²) in [5.41, 5.74) is 2.37. The number of nitrogens with one attached hydrogen (secondary N) is 1. The van der Waals surface area contributed by atoms with Crippen LogP contribution in [-0.2, 0) is 13.0 Å². The lowest BCUT2D eigenvalue weighted by atomic mass is 10.2. The molecule has 0 unspecified atom stereocenters. The van der Waals surface area contributed by atoms with Crippen LogP contribution in [0.15, 0.2) is 28.8 Å². The first kappa shape index (κ1) is 11.1. The van der Waals surface area contributed by atoms with Gasteiger partial charge in [0.2, 0.25) is 5.89 Å². The summed E-state index contributed by atoms with van der Waals surface area (Å²) in [6.07, 6.45) is 0.783. The van der Waals surface area contributed by atoms with Crippen LogP contribution < -0.4 is 10.2 Å². The van der Waals surface area contributed by atoms with Gasteiger partial charge in [-0.15, -0.1) is 0 Å². The number of anilines is 2. The van der Waals surface area contributed by atoms with E-state index in [1.54, 1.807) is 0 Å². The van der Waals surface area contributed by atoms with E-state index in [0.29, 0.717) is 12.4 Å². The second kappa shape index (κ2) is 4.68. The molecule has 0 bridgehead atoms. The van der Waals surface area contributed by atoms with Crippen LogP contribution in [0.25, 0.3) is 0 Å². The van der Waals surface area contributed by atoms with Crippen LogP contribution in [0, 0.1) is 0 Å². The van der Waals surface area contributed by atoms with Crippen molar-refractivity contribution in [3.8, 4) is 0 Å². The Bertz CT molecular complexity index is 537. The van der Waals surface area contributed by atoms with Gasteiger partial charge in [0.1, 0.15) is 0 Å². The molecule has 3 rings (SSSR count). The summed E-state index contributed by atoms with van der Waals surface area (Å²) in [5.74, 6) is 1.46. The van der Waals surface area contributed by atoms with Gasteiger partial charge < -0.3 is 14.7 Å². The smallest absolute Gasteiger partial charge is 0.226 e. The van der Waals surface area contributed by atoms with E-state index in [4.69, 9.17) is 4.52 Å². The Kier molecular flexibility index (Phi) is 2.88. The van der Waals surface area contributed by atoms with Crippen molar-refractivity contribution in [1.82, 2.24) is 10.1 Å². The monoisotopic (exact) mass is 244 g/mol. The van der Waals surface area contributed by atoms with Crippen LogP contribution in [0.2, 0.25) is 0 Å². The van der Waals surface area contributed by atoms with Crippen LogP contribution in [0.3, 0.4) is 0 Å². The number of para-hydroxylation sites is 2. The lowest BCUT2D eigenvalue weighted by molar-refractivity contribution is 0.376. The molecule has 2 aromatic rings. The fourth-order valence-corrected chi connectivity index (χ4v) is 2.18. The van der Waals surface area contributed by atoms with Crippen molar-refractivity contribution in [3.05, 3.63) is 36.0 Å². The van der Waals surface area contributed by atoms with Crippen molar-refractivity contribution in [2.24, 2.45) is 0 Å². The third-order valence-corrected chi connectivity index (χ3v) is 3.09. The van der Waals surface area contributed by atoms with Gasteiger partial charge in [-0.25, -0.2) is 0 Å². The molecule has 1 N–H and O–H groups in total. The molecule has 1 aliphatic rings. The first-order valence-electron chi connectivity index (χ1n) is 6.26. The van der Waals surface area contributed by atoms with Crippen molar-refractivity contribution in [2.75, 3.05) is 23.3 Å². The molecular weight excluding hydrogens is 228 g/mol. The molecular formula is C13H16N4O. The third kappa shape index (κ3) is 2.03. The van der Waals surface area contributed by atoms with Gasteiger partial charge in [-0.05, 0) is 12.1 Å². The largest absolute Gasteiger partial charge is 0.382 e. The maximum absolute atomic E-state index is 5.14. The Labute approximate surface area is 106 Å². The predicted molar refractivity (Wildman–Crippen MR) is 69.7 cm³/mol. The molecule has 94 valence electrons. The highest BCUT2D eigenvalue weighted by Gasteiger charge is 2.17. The Hall–Kier alpha value is -2.04. The first-order valence-corrected chi connectivity index (χ1v) is 6.26. The van der Waals surface area contributed by atoms with Crippen LogP contribution in [0.1, 0.15) is 18.6 Å². The number of hydrogen-bond acceptors (Lipinski definition) is 5. The van der Waals surface area contributed by atoms with Gasteiger partial charge in [-0.2, -0.15) is 4.98 Å². The number of aryl methyl sites for hydroxylation is 1. The minimum absolute atomic E-state index is 0.697. The molecule has 1 aromatic carbocycles. The summed E-state index contributed by atoms with van der Waals surface area (Å²) < 4.78 is 5.14. The van der Waals surface area contributed by atoms with Crippen LogP contribution >= 0.6 is 0 Å². The fraction of sp³-hybridized carbons (Fsp3) is 0.385. The molecule has 0 amide bonds. The van der Waals surface area contributed by atoms with Crippen molar-refractivity contribution in [3.63, 3.8) is 0 Å². The molecule has 1 aromatic heterocycles. The Morgan fingerprint density at radius 1 is 1.39 bits per heavy atom. The highest BCUT2D eigenvalue weighted by Crippen LogP contribution is 2.29. The topological polar surface area (TPSA) is 54.2 Å². The van der Waals surface area contributed by atoms with Crippen molar-refractivity contribution < 1.29 is 4.52 Å². The SMILES string of the molecule is CCc1nc(CN2CCNc3ccccc32)no1. The Morgan fingerprint density at radius 2 is 2.28 bits per heavy atom. The zero-order valence-electron chi connectivity index (χ0n) is 10.4. The maximum Gasteiger partial charge on any atom is 0.226 e. The fourth-order valence-electron chi connectivity index (χ4n) is 2.18. The minimum Gasteiger partial charge on any atom is -0.382 e. The minimum atomic E-state index is 0.697. The van der Waals surface area contributed by atoms with E-state index in [9.17, 15) is 0 Å². The van der Waals surface area contributed by atoms with E-state index in [2.05, 4.69) is 32.5 Å². The quantitative estimate of drug-likeness (QED) is 0.895. The Balaban J connectivity index is 1.81. The normalized spacial score (nSPS) is 14.2. The lowest BCUT2D eigenvalue weighted by Crippen LogP contribution is -2.33. The van der Waals surface area contributed by atoms with Crippen molar-refractivity contribution in [2.45, 2.75) is 19.9 Å². The molecule has 5 nitrogen and oxygen atoms in total. The van der Waals surface area contributed by atoms with Crippen molar-refractivity contribution in [1.29, 1.82) is 0 Å². The van der Waals surface area contributed by atoms with Gasteiger partial charge in [-0.1, -0.05) is 24.2 Å². The van der Waals surface area contributed by atoms with E-state index >= 15 is 0 Å². The number of hydrogen-bond donors (Lipinski definition) is 1. The van der Waals surface area contributed by atoms with Gasteiger partial charge >= 0.3 is 0 Å². The molecule has 2 heterocycles. The molecule has 18 heavy (non-hydrogen) atoms. The number of nitrogens with zero attached hydrogens (tertiary/aromatic N) is 3. The first-order chi connectivity index (χ1) is 8.86. The third-order valence-electron chi connectivity index (χ3n) is 3.09. The lowest BCUT2D eigenvalue weighted by Gasteiger charge is -2.30. The van der Waals surface area contributed by atoms with Crippen molar-refractivity contribution >= 4 is 11.4 Å². The van der Waals surface area contributed by atoms with E-state index in [1.807, 2.05) is 19.1 Å². The molecule has 0 saturated carbocycles. The molecule has 0 radical (unpaired) electrons. The number of aromatic nitrogens is 2. The van der Waals surface area contributed by atoms with E-state index in [-0.39, 0.29) is 0 Å². The van der Waals surface area contributed by atoms with Gasteiger partial charge in [0.05, 0.1) is 17.9 Å². The molecule has 1 aliphatic heterocycles. The number of benzene rings is 1. The molecule has 0 aliphatic carbocycles. The summed E-state index contributed by atoms with van der Waals surface area (Å²) >= 11 is 0. The van der Waals surface area contributed by atoms with Gasteiger partial charge in [0.25, 0.3) is 0 Å². The zero-order chi connectivity index (χ0) is 12.4. The van der Waals surface area contributed by atoms with E-state index in [1.165, 1.54) is 11.4 Å². The van der Waals surface area contributed by atoms with Gasteiger partial charge in [-0.3, -0.25) is 0 Å². The summed E-state index contributed by atoms with van der Waals surface area (Å²) in [4.78, 5) is 6.63. The number of fused-ring (bicyclic) bond motifs is 1. The predicted octanol–water partition coefficient (Wildman–Crippen LogP) is 2.06. The van der Waals surface area contributed by atoms with Gasteiger partial charge in [0, 0.05) is 19.5 Å². The molecule has 0 atom stereocenters. The number of rotatable bonds is 3. The summed E-state index contributed by atoms with van der Waals surface area (Å²) in [6, 6.07) is 8.29. The van der Waals surface area contributed by atoms with Crippen LogP contribution in [-0.4, -0.2) is 23.2 Å². The molecule has 0 saturated heterocycles. The summed E-state index contributed by atoms with van der Waals surface area (Å²) in [5, 5.41) is 7.39. The Morgan fingerprint density at radius 3 is 3.11 bits per heavy atom. The standard InChI is InChI=1S/C13H16N4O/c1-2-13-15-12(16-18-13)9-17-8-7-14-10-5-3-4-6-11(10)17/h3-6,14H,2,7-9H2,1H3.